The van der Waals surface area contributed by atoms with Crippen LogP contribution in [0.15, 0.2) is 0 Å². The van der Waals surface area contributed by atoms with Crippen LogP contribution < -0.4 is 12.3 Å². The van der Waals surface area contributed by atoms with Gasteiger partial charge in [0.05, 0.1) is 0 Å². The van der Waals surface area contributed by atoms with Crippen molar-refractivity contribution in [3.63, 3.8) is 0 Å². The Morgan fingerprint density at radius 3 is 0.529 bits per heavy atom. The first-order valence-electron chi connectivity index (χ1n) is 12.1. The second-order valence-electron chi connectivity index (χ2n) is 8.23. The van der Waals surface area contributed by atoms with Gasteiger partial charge in [-0.1, -0.05) is 77.0 Å². The largest absolute Gasteiger partial charge is 0.481 e. The summed E-state index contributed by atoms with van der Waals surface area (Å²) in [4.78, 5) is 40.9. The van der Waals surface area contributed by atoms with Gasteiger partial charge in [-0.3, -0.25) is 19.2 Å². The van der Waals surface area contributed by atoms with Crippen molar-refractivity contribution in [2.45, 2.75) is 128 Å². The SMILES string of the molecule is N.N.O=C(O)CCCCCCCCCCC(=O)O.O=C(O)CCCCCCCCCCC(=O)O. The molecule has 0 radical (unpaired) electrons. The minimum atomic E-state index is -0.714. The smallest absolute Gasteiger partial charge is 0.303 e. The topological polar surface area (TPSA) is 219 Å². The molecule has 0 spiro atoms. The second kappa shape index (κ2) is 30.8. The third kappa shape index (κ3) is 43.6. The molecule has 34 heavy (non-hydrogen) atoms. The standard InChI is InChI=1S/2C12H22O4.2H3N/c2*13-11(14)9-7-5-3-1-2-4-6-8-10-12(15)16;;/h2*1-10H2,(H,13,14)(H,15,16);2*1H3. The van der Waals surface area contributed by atoms with Crippen LogP contribution in [-0.4, -0.2) is 44.3 Å². The minimum absolute atomic E-state index is 0. The summed E-state index contributed by atoms with van der Waals surface area (Å²) < 4.78 is 0. The maximum Gasteiger partial charge on any atom is 0.303 e. The summed E-state index contributed by atoms with van der Waals surface area (Å²) in [5.74, 6) is -2.86. The quantitative estimate of drug-likeness (QED) is 0.0903. The lowest BCUT2D eigenvalue weighted by Gasteiger charge is -2.00. The molecule has 10 heteroatoms. The normalized spacial score (nSPS) is 9.65. The van der Waals surface area contributed by atoms with E-state index in [1.807, 2.05) is 0 Å². The fourth-order valence-corrected chi connectivity index (χ4v) is 3.23. The van der Waals surface area contributed by atoms with Gasteiger partial charge in [-0.2, -0.15) is 0 Å². The van der Waals surface area contributed by atoms with Crippen LogP contribution in [0.4, 0.5) is 0 Å². The van der Waals surface area contributed by atoms with Gasteiger partial charge in [0.25, 0.3) is 0 Å². The lowest BCUT2D eigenvalue weighted by atomic mass is 10.1. The van der Waals surface area contributed by atoms with E-state index in [0.717, 1.165) is 103 Å². The van der Waals surface area contributed by atoms with Crippen LogP contribution >= 0.6 is 0 Å². The van der Waals surface area contributed by atoms with Crippen LogP contribution in [0.25, 0.3) is 0 Å². The van der Waals surface area contributed by atoms with E-state index in [4.69, 9.17) is 20.4 Å². The second-order valence-corrected chi connectivity index (χ2v) is 8.23. The predicted octanol–water partition coefficient (Wildman–Crippen LogP) is 6.44. The fraction of sp³-hybridized carbons (Fsp3) is 0.833. The molecule has 0 aromatic rings. The van der Waals surface area contributed by atoms with Crippen molar-refractivity contribution in [1.29, 1.82) is 0 Å². The molecule has 0 aliphatic heterocycles. The Hall–Kier alpha value is -2.20. The summed E-state index contributed by atoms with van der Waals surface area (Å²) in [5, 5.41) is 33.6. The van der Waals surface area contributed by atoms with Gasteiger partial charge in [0, 0.05) is 25.7 Å². The monoisotopic (exact) mass is 494 g/mol. The van der Waals surface area contributed by atoms with Crippen LogP contribution in [0.1, 0.15) is 128 Å². The van der Waals surface area contributed by atoms with E-state index in [0.29, 0.717) is 0 Å². The molecule has 0 unspecified atom stereocenters. The van der Waals surface area contributed by atoms with Crippen molar-refractivity contribution in [2.24, 2.45) is 0 Å². The molecule has 0 aromatic carbocycles. The highest BCUT2D eigenvalue weighted by Crippen LogP contribution is 2.11. The van der Waals surface area contributed by atoms with E-state index in [-0.39, 0.29) is 38.0 Å². The summed E-state index contributed by atoms with van der Waals surface area (Å²) in [7, 11) is 0. The van der Waals surface area contributed by atoms with Gasteiger partial charge in [-0.15, -0.1) is 0 Å². The van der Waals surface area contributed by atoms with Crippen LogP contribution in [0, 0.1) is 0 Å². The summed E-state index contributed by atoms with van der Waals surface area (Å²) in [6, 6.07) is 0. The Balaban J connectivity index is -0.000000250. The number of carboxylic acid groups (broad SMARTS) is 4. The van der Waals surface area contributed by atoms with Gasteiger partial charge in [0.15, 0.2) is 0 Å². The molecule has 0 heterocycles. The Morgan fingerprint density at radius 1 is 0.294 bits per heavy atom. The zero-order valence-corrected chi connectivity index (χ0v) is 21.0. The summed E-state index contributed by atoms with van der Waals surface area (Å²) in [6.45, 7) is 0. The van der Waals surface area contributed by atoms with Gasteiger partial charge in [0.1, 0.15) is 0 Å². The number of unbranched alkanes of at least 4 members (excludes halogenated alkanes) is 14. The van der Waals surface area contributed by atoms with Crippen LogP contribution in [0.5, 0.6) is 0 Å². The van der Waals surface area contributed by atoms with E-state index in [2.05, 4.69) is 0 Å². The Morgan fingerprint density at radius 2 is 0.412 bits per heavy atom. The molecule has 0 saturated carbocycles. The van der Waals surface area contributed by atoms with E-state index >= 15 is 0 Å². The maximum absolute atomic E-state index is 10.2. The molecule has 0 aliphatic rings. The fourth-order valence-electron chi connectivity index (χ4n) is 3.23. The third-order valence-corrected chi connectivity index (χ3v) is 5.06. The average Bonchev–Trinajstić information content (AvgIpc) is 2.70. The molecule has 0 fully saturated rings. The highest BCUT2D eigenvalue weighted by Gasteiger charge is 1.99. The van der Waals surface area contributed by atoms with Crippen molar-refractivity contribution >= 4 is 23.9 Å². The van der Waals surface area contributed by atoms with E-state index in [1.165, 1.54) is 0 Å². The first-order chi connectivity index (χ1) is 15.3. The number of carbonyl (C=O) groups is 4. The molecule has 0 amide bonds. The van der Waals surface area contributed by atoms with Crippen molar-refractivity contribution < 1.29 is 39.6 Å². The molecule has 10 nitrogen and oxygen atoms in total. The molecule has 0 aliphatic carbocycles. The minimum Gasteiger partial charge on any atom is -0.481 e. The van der Waals surface area contributed by atoms with Crippen LogP contribution in [0.3, 0.4) is 0 Å². The van der Waals surface area contributed by atoms with Gasteiger partial charge < -0.3 is 32.7 Å². The van der Waals surface area contributed by atoms with Crippen molar-refractivity contribution in [2.75, 3.05) is 0 Å². The number of hydrogen-bond acceptors (Lipinski definition) is 6. The van der Waals surface area contributed by atoms with Crippen molar-refractivity contribution in [3.05, 3.63) is 0 Å². The third-order valence-electron chi connectivity index (χ3n) is 5.06. The van der Waals surface area contributed by atoms with Gasteiger partial charge in [-0.25, -0.2) is 0 Å². The zero-order valence-electron chi connectivity index (χ0n) is 21.0. The lowest BCUT2D eigenvalue weighted by molar-refractivity contribution is -0.138. The zero-order chi connectivity index (χ0) is 24.5. The molecular weight excluding hydrogens is 444 g/mol. The van der Waals surface area contributed by atoms with Crippen molar-refractivity contribution in [1.82, 2.24) is 12.3 Å². The summed E-state index contributed by atoms with van der Waals surface area (Å²) >= 11 is 0. The van der Waals surface area contributed by atoms with Crippen molar-refractivity contribution in [3.8, 4) is 0 Å². The molecule has 0 saturated heterocycles. The van der Waals surface area contributed by atoms with Crippen LogP contribution in [-0.2, 0) is 19.2 Å². The molecule has 0 rings (SSSR count). The Kier molecular flexibility index (Phi) is 35.4. The molecule has 10 N–H and O–H groups in total. The molecule has 0 aromatic heterocycles. The number of aliphatic carboxylic acids is 4. The Labute approximate surface area is 204 Å². The average molecular weight is 495 g/mol. The summed E-state index contributed by atoms with van der Waals surface area (Å²) in [5.41, 5.74) is 0. The molecule has 0 atom stereocenters. The number of rotatable bonds is 22. The highest BCUT2D eigenvalue weighted by atomic mass is 16.4. The first-order valence-corrected chi connectivity index (χ1v) is 12.1. The number of hydrogen-bond donors (Lipinski definition) is 6. The predicted molar refractivity (Wildman–Crippen MR) is 133 cm³/mol. The molecule has 0 bridgehead atoms. The summed E-state index contributed by atoms with van der Waals surface area (Å²) in [6.07, 6.45) is 17.0. The van der Waals surface area contributed by atoms with E-state index in [9.17, 15) is 19.2 Å². The number of carboxylic acids is 4. The highest BCUT2D eigenvalue weighted by molar-refractivity contribution is 5.67. The first kappa shape index (κ1) is 39.0. The maximum atomic E-state index is 10.2. The lowest BCUT2D eigenvalue weighted by Crippen LogP contribution is -1.94. The van der Waals surface area contributed by atoms with Crippen LogP contribution in [0.2, 0.25) is 0 Å². The molecule has 204 valence electrons. The van der Waals surface area contributed by atoms with Gasteiger partial charge in [0.2, 0.25) is 0 Å². The van der Waals surface area contributed by atoms with E-state index in [1.54, 1.807) is 0 Å². The van der Waals surface area contributed by atoms with Gasteiger partial charge >= 0.3 is 23.9 Å². The van der Waals surface area contributed by atoms with Gasteiger partial charge in [-0.05, 0) is 25.7 Å². The Bertz CT molecular complexity index is 413. The van der Waals surface area contributed by atoms with E-state index < -0.39 is 23.9 Å². The molecular formula is C24H50N2O8.